The zero-order valence-corrected chi connectivity index (χ0v) is 16.2. The minimum absolute atomic E-state index is 0.0854. The van der Waals surface area contributed by atoms with E-state index >= 15 is 0 Å². The molecule has 0 radical (unpaired) electrons. The van der Waals surface area contributed by atoms with Crippen LogP contribution in [0.5, 0.6) is 11.5 Å². The highest BCUT2D eigenvalue weighted by molar-refractivity contribution is 5.83. The SMILES string of the molecule is CCOc1ccc(CCNC(=O)Cn2ccc3cc(F)ccc32)cc1OCC. The van der Waals surface area contributed by atoms with Crippen LogP contribution in [0, 0.1) is 5.82 Å². The zero-order chi connectivity index (χ0) is 19.9. The lowest BCUT2D eigenvalue weighted by molar-refractivity contribution is -0.121. The first-order valence-electron chi connectivity index (χ1n) is 9.50. The number of hydrogen-bond acceptors (Lipinski definition) is 3. The Morgan fingerprint density at radius 3 is 2.61 bits per heavy atom. The van der Waals surface area contributed by atoms with Crippen LogP contribution in [0.2, 0.25) is 0 Å². The summed E-state index contributed by atoms with van der Waals surface area (Å²) in [5.41, 5.74) is 1.90. The van der Waals surface area contributed by atoms with Gasteiger partial charge in [0.15, 0.2) is 11.5 Å². The van der Waals surface area contributed by atoms with Crippen molar-refractivity contribution in [2.75, 3.05) is 19.8 Å². The molecular weight excluding hydrogens is 359 g/mol. The molecule has 0 unspecified atom stereocenters. The number of nitrogens with one attached hydrogen (secondary N) is 1. The lowest BCUT2D eigenvalue weighted by atomic mass is 10.1. The molecule has 1 heterocycles. The quantitative estimate of drug-likeness (QED) is 0.608. The average molecular weight is 384 g/mol. The lowest BCUT2D eigenvalue weighted by Crippen LogP contribution is -2.29. The van der Waals surface area contributed by atoms with Gasteiger partial charge in [0.2, 0.25) is 5.91 Å². The van der Waals surface area contributed by atoms with Gasteiger partial charge >= 0.3 is 0 Å². The van der Waals surface area contributed by atoms with Crippen molar-refractivity contribution in [3.63, 3.8) is 0 Å². The van der Waals surface area contributed by atoms with E-state index in [1.165, 1.54) is 12.1 Å². The summed E-state index contributed by atoms with van der Waals surface area (Å²) in [6, 6.07) is 12.2. The van der Waals surface area contributed by atoms with Crippen molar-refractivity contribution in [2.45, 2.75) is 26.8 Å². The molecule has 0 spiro atoms. The number of rotatable bonds is 9. The Balaban J connectivity index is 1.55. The van der Waals surface area contributed by atoms with Crippen molar-refractivity contribution in [1.29, 1.82) is 0 Å². The molecule has 0 saturated carbocycles. The molecule has 0 saturated heterocycles. The predicted molar refractivity (Wildman–Crippen MR) is 107 cm³/mol. The van der Waals surface area contributed by atoms with Gasteiger partial charge in [0.1, 0.15) is 12.4 Å². The predicted octanol–water partition coefficient (Wildman–Crippen LogP) is 3.94. The van der Waals surface area contributed by atoms with Gasteiger partial charge in [0, 0.05) is 23.6 Å². The van der Waals surface area contributed by atoms with Gasteiger partial charge in [-0.3, -0.25) is 4.79 Å². The molecule has 0 fully saturated rings. The largest absolute Gasteiger partial charge is 0.490 e. The fraction of sp³-hybridized carbons (Fsp3) is 0.318. The normalized spacial score (nSPS) is 10.8. The molecule has 28 heavy (non-hydrogen) atoms. The Bertz CT molecular complexity index is 952. The maximum absolute atomic E-state index is 13.3. The topological polar surface area (TPSA) is 52.5 Å². The number of fused-ring (bicyclic) bond motifs is 1. The van der Waals surface area contributed by atoms with E-state index in [0.29, 0.717) is 26.2 Å². The molecule has 1 N–H and O–H groups in total. The number of carbonyl (C=O) groups excluding carboxylic acids is 1. The fourth-order valence-electron chi connectivity index (χ4n) is 3.12. The molecule has 0 aliphatic rings. The molecule has 5 nitrogen and oxygen atoms in total. The number of carbonyl (C=O) groups is 1. The summed E-state index contributed by atoms with van der Waals surface area (Å²) < 4.78 is 26.3. The second kappa shape index (κ2) is 9.26. The number of ether oxygens (including phenoxy) is 2. The van der Waals surface area contributed by atoms with E-state index in [1.807, 2.05) is 36.6 Å². The standard InChI is InChI=1S/C22H25FN2O3/c1-3-27-20-8-5-16(13-21(20)28-4-2)9-11-24-22(26)15-25-12-10-17-14-18(23)6-7-19(17)25/h5-8,10,12-14H,3-4,9,11,15H2,1-2H3,(H,24,26). The van der Waals surface area contributed by atoms with Crippen LogP contribution >= 0.6 is 0 Å². The second-order valence-electron chi connectivity index (χ2n) is 6.39. The number of amides is 1. The molecular formula is C22H25FN2O3. The van der Waals surface area contributed by atoms with Crippen LogP contribution in [0.3, 0.4) is 0 Å². The van der Waals surface area contributed by atoms with Crippen molar-refractivity contribution < 1.29 is 18.7 Å². The van der Waals surface area contributed by atoms with E-state index in [0.717, 1.165) is 28.0 Å². The summed E-state index contributed by atoms with van der Waals surface area (Å²) in [5, 5.41) is 3.71. The first-order valence-corrected chi connectivity index (χ1v) is 9.50. The molecule has 1 amide bonds. The Morgan fingerprint density at radius 1 is 1.04 bits per heavy atom. The molecule has 0 aliphatic carbocycles. The summed E-state index contributed by atoms with van der Waals surface area (Å²) in [7, 11) is 0. The summed E-state index contributed by atoms with van der Waals surface area (Å²) >= 11 is 0. The number of hydrogen-bond donors (Lipinski definition) is 1. The first kappa shape index (κ1) is 19.7. The zero-order valence-electron chi connectivity index (χ0n) is 16.2. The summed E-state index contributed by atoms with van der Waals surface area (Å²) in [6.45, 7) is 5.73. The molecule has 0 bridgehead atoms. The summed E-state index contributed by atoms with van der Waals surface area (Å²) in [5.74, 6) is 1.08. The van der Waals surface area contributed by atoms with Gasteiger partial charge in [0.25, 0.3) is 0 Å². The summed E-state index contributed by atoms with van der Waals surface area (Å²) in [4.78, 5) is 12.3. The van der Waals surface area contributed by atoms with Crippen molar-refractivity contribution in [2.24, 2.45) is 0 Å². The van der Waals surface area contributed by atoms with Crippen molar-refractivity contribution >= 4 is 16.8 Å². The smallest absolute Gasteiger partial charge is 0.239 e. The van der Waals surface area contributed by atoms with Crippen molar-refractivity contribution in [3.05, 3.63) is 60.0 Å². The minimum atomic E-state index is -0.281. The van der Waals surface area contributed by atoms with Gasteiger partial charge in [-0.15, -0.1) is 0 Å². The van der Waals surface area contributed by atoms with Gasteiger partial charge in [-0.05, 0) is 62.2 Å². The Labute approximate surface area is 164 Å². The third kappa shape index (κ3) is 4.82. The molecule has 3 aromatic rings. The second-order valence-corrected chi connectivity index (χ2v) is 6.39. The van der Waals surface area contributed by atoms with Gasteiger partial charge in [-0.2, -0.15) is 0 Å². The van der Waals surface area contributed by atoms with Crippen LogP contribution in [0.4, 0.5) is 4.39 Å². The maximum atomic E-state index is 13.3. The van der Waals surface area contributed by atoms with Gasteiger partial charge in [-0.1, -0.05) is 6.07 Å². The van der Waals surface area contributed by atoms with Crippen LogP contribution in [0.1, 0.15) is 19.4 Å². The first-order chi connectivity index (χ1) is 13.6. The van der Waals surface area contributed by atoms with E-state index < -0.39 is 0 Å². The fourth-order valence-corrected chi connectivity index (χ4v) is 3.12. The molecule has 1 aromatic heterocycles. The average Bonchev–Trinajstić information content (AvgIpc) is 3.06. The lowest BCUT2D eigenvalue weighted by Gasteiger charge is -2.13. The van der Waals surface area contributed by atoms with E-state index in [9.17, 15) is 9.18 Å². The maximum Gasteiger partial charge on any atom is 0.239 e. The van der Waals surface area contributed by atoms with Gasteiger partial charge in [0.05, 0.1) is 13.2 Å². The number of halogens is 1. The van der Waals surface area contributed by atoms with Crippen LogP contribution in [-0.2, 0) is 17.8 Å². The van der Waals surface area contributed by atoms with Crippen LogP contribution < -0.4 is 14.8 Å². The van der Waals surface area contributed by atoms with E-state index in [-0.39, 0.29) is 18.3 Å². The van der Waals surface area contributed by atoms with Crippen molar-refractivity contribution in [3.8, 4) is 11.5 Å². The Kier molecular flexibility index (Phi) is 6.53. The highest BCUT2D eigenvalue weighted by atomic mass is 19.1. The molecule has 2 aromatic carbocycles. The molecule has 3 rings (SSSR count). The van der Waals surface area contributed by atoms with Crippen LogP contribution in [0.15, 0.2) is 48.7 Å². The van der Waals surface area contributed by atoms with Crippen molar-refractivity contribution in [1.82, 2.24) is 9.88 Å². The number of nitrogens with zero attached hydrogens (tertiary/aromatic N) is 1. The van der Waals surface area contributed by atoms with E-state index in [2.05, 4.69) is 5.32 Å². The van der Waals surface area contributed by atoms with E-state index in [4.69, 9.17) is 9.47 Å². The number of benzene rings is 2. The van der Waals surface area contributed by atoms with E-state index in [1.54, 1.807) is 18.3 Å². The van der Waals surface area contributed by atoms with Gasteiger partial charge < -0.3 is 19.4 Å². The van der Waals surface area contributed by atoms with Crippen LogP contribution in [0.25, 0.3) is 10.9 Å². The monoisotopic (exact) mass is 384 g/mol. The highest BCUT2D eigenvalue weighted by Gasteiger charge is 2.09. The molecule has 6 heteroatoms. The van der Waals surface area contributed by atoms with Gasteiger partial charge in [-0.25, -0.2) is 4.39 Å². The third-order valence-electron chi connectivity index (χ3n) is 4.39. The minimum Gasteiger partial charge on any atom is -0.490 e. The molecule has 148 valence electrons. The third-order valence-corrected chi connectivity index (χ3v) is 4.39. The number of aromatic nitrogens is 1. The Hall–Kier alpha value is -3.02. The molecule has 0 aliphatic heterocycles. The van der Waals surface area contributed by atoms with Crippen LogP contribution in [-0.4, -0.2) is 30.2 Å². The highest BCUT2D eigenvalue weighted by Crippen LogP contribution is 2.28. The Morgan fingerprint density at radius 2 is 1.82 bits per heavy atom. The molecule has 0 atom stereocenters. The summed E-state index contributed by atoms with van der Waals surface area (Å²) in [6.07, 6.45) is 2.49.